The number of H-pyrrole nitrogens is 1. The third-order valence-electron chi connectivity index (χ3n) is 5.52. The van der Waals surface area contributed by atoms with Gasteiger partial charge in [0.1, 0.15) is 30.5 Å². The highest BCUT2D eigenvalue weighted by atomic mass is 16.5. The van der Waals surface area contributed by atoms with Crippen molar-refractivity contribution in [3.05, 3.63) is 66.0 Å². The number of amides is 2. The van der Waals surface area contributed by atoms with Gasteiger partial charge in [-0.15, -0.1) is 5.10 Å². The number of nitrogens with one attached hydrogen (secondary N) is 2. The maximum absolute atomic E-state index is 13.1. The van der Waals surface area contributed by atoms with Crippen LogP contribution in [-0.4, -0.2) is 63.8 Å². The highest BCUT2D eigenvalue weighted by molar-refractivity contribution is 6.04. The van der Waals surface area contributed by atoms with Gasteiger partial charge in [0.05, 0.1) is 23.7 Å². The average molecular weight is 459 g/mol. The van der Waals surface area contributed by atoms with Crippen molar-refractivity contribution in [2.24, 2.45) is 0 Å². The first-order valence-corrected chi connectivity index (χ1v) is 10.5. The van der Waals surface area contributed by atoms with E-state index in [4.69, 9.17) is 9.47 Å². The summed E-state index contributed by atoms with van der Waals surface area (Å²) in [5, 5.41) is 10.1. The minimum atomic E-state index is -0.933. The van der Waals surface area contributed by atoms with E-state index >= 15 is 0 Å². The fourth-order valence-electron chi connectivity index (χ4n) is 3.78. The van der Waals surface area contributed by atoms with Gasteiger partial charge in [-0.2, -0.15) is 0 Å². The Bertz CT molecular complexity index is 1370. The fourth-order valence-corrected chi connectivity index (χ4v) is 3.78. The molecule has 2 aromatic heterocycles. The monoisotopic (exact) mass is 459 g/mol. The van der Waals surface area contributed by atoms with Crippen LogP contribution in [0.5, 0.6) is 11.6 Å². The van der Waals surface area contributed by atoms with E-state index in [1.54, 1.807) is 19.2 Å². The van der Waals surface area contributed by atoms with Gasteiger partial charge in [-0.25, -0.2) is 15.0 Å². The second-order valence-corrected chi connectivity index (χ2v) is 7.72. The highest BCUT2D eigenvalue weighted by Crippen LogP contribution is 2.36. The number of fused-ring (bicyclic) bond motifs is 2. The molecular formula is C23H21N7O4. The first kappa shape index (κ1) is 21.3. The highest BCUT2D eigenvalue weighted by Gasteiger charge is 2.32. The number of aromatic amines is 1. The Hall–Kier alpha value is -4.54. The molecule has 0 aliphatic carbocycles. The average Bonchev–Trinajstić information content (AvgIpc) is 3.29. The summed E-state index contributed by atoms with van der Waals surface area (Å²) in [5.41, 5.74) is 2.16. The molecule has 0 bridgehead atoms. The summed E-state index contributed by atoms with van der Waals surface area (Å²) in [4.78, 5) is 39.9. The molecule has 1 aliphatic heterocycles. The van der Waals surface area contributed by atoms with Gasteiger partial charge in [-0.05, 0) is 11.6 Å². The van der Waals surface area contributed by atoms with E-state index in [1.165, 1.54) is 18.3 Å². The van der Waals surface area contributed by atoms with E-state index < -0.39 is 11.9 Å². The van der Waals surface area contributed by atoms with Gasteiger partial charge in [0.25, 0.3) is 11.8 Å². The van der Waals surface area contributed by atoms with Crippen molar-refractivity contribution in [1.29, 1.82) is 0 Å². The Kier molecular flexibility index (Phi) is 5.50. The molecule has 5 rings (SSSR count). The number of ether oxygens (including phenoxy) is 2. The van der Waals surface area contributed by atoms with Crippen molar-refractivity contribution in [1.82, 2.24) is 30.5 Å². The number of hydrogen-bond donors (Lipinski definition) is 2. The predicted octanol–water partition coefficient (Wildman–Crippen LogP) is 1.50. The molecule has 3 heterocycles. The molecule has 2 amide bonds. The van der Waals surface area contributed by atoms with E-state index in [1.807, 2.05) is 30.3 Å². The van der Waals surface area contributed by atoms with Crippen molar-refractivity contribution in [2.45, 2.75) is 12.5 Å². The van der Waals surface area contributed by atoms with Crippen molar-refractivity contribution in [2.75, 3.05) is 25.7 Å². The van der Waals surface area contributed by atoms with Crippen LogP contribution in [0, 0.1) is 0 Å². The molecule has 1 atom stereocenters. The molecule has 172 valence electrons. The predicted molar refractivity (Wildman–Crippen MR) is 122 cm³/mol. The van der Waals surface area contributed by atoms with Gasteiger partial charge >= 0.3 is 0 Å². The minimum Gasteiger partial charge on any atom is -0.489 e. The molecule has 1 aliphatic rings. The molecule has 0 radical (unpaired) electrons. The van der Waals surface area contributed by atoms with E-state index in [0.29, 0.717) is 40.5 Å². The van der Waals surface area contributed by atoms with Crippen LogP contribution in [0.25, 0.3) is 10.9 Å². The van der Waals surface area contributed by atoms with Crippen LogP contribution in [0.4, 0.5) is 5.69 Å². The Labute approximate surface area is 194 Å². The molecule has 2 aromatic carbocycles. The van der Waals surface area contributed by atoms with E-state index in [0.717, 1.165) is 5.56 Å². The number of methoxy groups -OCH3 is 1. The molecule has 2 N–H and O–H groups in total. The standard InChI is InChI=1S/C23H21N7O4/c1-30-17-9-14-15(24-12-25-22(14)33-2)10-18(17)34-11-16(23(30)32)26-21(31)20-27-19(28-29-20)8-13-6-4-3-5-7-13/h3-7,9-10,12,16H,8,11H2,1-2H3,(H,26,31)(H,27,28,29)/t16-/m0/s1. The van der Waals surface area contributed by atoms with Gasteiger partial charge in [-0.3, -0.25) is 14.7 Å². The third kappa shape index (κ3) is 3.98. The molecule has 11 nitrogen and oxygen atoms in total. The summed E-state index contributed by atoms with van der Waals surface area (Å²) >= 11 is 0. The molecule has 0 saturated carbocycles. The molecular weight excluding hydrogens is 438 g/mol. The summed E-state index contributed by atoms with van der Waals surface area (Å²) in [6.07, 6.45) is 1.90. The lowest BCUT2D eigenvalue weighted by atomic mass is 10.1. The van der Waals surface area contributed by atoms with Crippen molar-refractivity contribution >= 4 is 28.4 Å². The maximum Gasteiger partial charge on any atom is 0.291 e. The summed E-state index contributed by atoms with van der Waals surface area (Å²) in [7, 11) is 3.13. The number of anilines is 1. The number of likely N-dealkylation sites (N-methyl/N-ethyl adjacent to an activating group) is 1. The molecule has 4 aromatic rings. The minimum absolute atomic E-state index is 0.0473. The summed E-state index contributed by atoms with van der Waals surface area (Å²) < 4.78 is 11.2. The largest absolute Gasteiger partial charge is 0.489 e. The summed E-state index contributed by atoms with van der Waals surface area (Å²) in [6, 6.07) is 12.2. The smallest absolute Gasteiger partial charge is 0.291 e. The topological polar surface area (TPSA) is 135 Å². The van der Waals surface area contributed by atoms with Crippen LogP contribution >= 0.6 is 0 Å². The number of rotatable bonds is 5. The van der Waals surface area contributed by atoms with Crippen LogP contribution in [-0.2, 0) is 11.2 Å². The maximum atomic E-state index is 13.1. The second-order valence-electron chi connectivity index (χ2n) is 7.72. The van der Waals surface area contributed by atoms with Gasteiger partial charge in [0.15, 0.2) is 0 Å². The Morgan fingerprint density at radius 2 is 2.09 bits per heavy atom. The second kappa shape index (κ2) is 8.77. The van der Waals surface area contributed by atoms with Crippen molar-refractivity contribution < 1.29 is 19.1 Å². The lowest BCUT2D eigenvalue weighted by Gasteiger charge is -2.20. The van der Waals surface area contributed by atoms with Crippen molar-refractivity contribution in [3.8, 4) is 11.6 Å². The Morgan fingerprint density at radius 1 is 1.26 bits per heavy atom. The normalized spacial score (nSPS) is 15.4. The van der Waals surface area contributed by atoms with Crippen molar-refractivity contribution in [3.63, 3.8) is 0 Å². The quantitative estimate of drug-likeness (QED) is 0.458. The zero-order valence-corrected chi connectivity index (χ0v) is 18.5. The molecule has 0 spiro atoms. The zero-order chi connectivity index (χ0) is 23.7. The van der Waals surface area contributed by atoms with E-state index in [-0.39, 0.29) is 18.3 Å². The first-order valence-electron chi connectivity index (χ1n) is 10.5. The van der Waals surface area contributed by atoms with E-state index in [9.17, 15) is 9.59 Å². The summed E-state index contributed by atoms with van der Waals surface area (Å²) in [5.74, 6) is 0.430. The summed E-state index contributed by atoms with van der Waals surface area (Å²) in [6.45, 7) is -0.0586. The van der Waals surface area contributed by atoms with Gasteiger partial charge in [-0.1, -0.05) is 30.3 Å². The first-order chi connectivity index (χ1) is 16.5. The SMILES string of the molecule is COc1ncnc2cc3c(cc12)N(C)C(=O)[C@@H](NC(=O)c1n[nH]c(Cc2ccccc2)n1)CO3. The lowest BCUT2D eigenvalue weighted by molar-refractivity contribution is -0.120. The Balaban J connectivity index is 1.34. The van der Waals surface area contributed by atoms with Crippen LogP contribution in [0.1, 0.15) is 22.0 Å². The molecule has 34 heavy (non-hydrogen) atoms. The zero-order valence-electron chi connectivity index (χ0n) is 18.5. The fraction of sp³-hybridized carbons (Fsp3) is 0.217. The number of hydrogen-bond acceptors (Lipinski definition) is 8. The number of carbonyl (C=O) groups is 2. The number of benzene rings is 2. The van der Waals surface area contributed by atoms with Crippen LogP contribution in [0.15, 0.2) is 48.8 Å². The molecule has 0 unspecified atom stereocenters. The van der Waals surface area contributed by atoms with Gasteiger partial charge in [0, 0.05) is 19.5 Å². The molecule has 0 fully saturated rings. The third-order valence-corrected chi connectivity index (χ3v) is 5.52. The van der Waals surface area contributed by atoms with Crippen LogP contribution < -0.4 is 19.7 Å². The number of nitrogens with zero attached hydrogens (tertiary/aromatic N) is 5. The molecule has 0 saturated heterocycles. The van der Waals surface area contributed by atoms with Gasteiger partial charge in [0.2, 0.25) is 11.7 Å². The van der Waals surface area contributed by atoms with E-state index in [2.05, 4.69) is 30.5 Å². The van der Waals surface area contributed by atoms with Crippen LogP contribution in [0.2, 0.25) is 0 Å². The van der Waals surface area contributed by atoms with Crippen LogP contribution in [0.3, 0.4) is 0 Å². The van der Waals surface area contributed by atoms with Gasteiger partial charge < -0.3 is 19.7 Å². The number of carbonyl (C=O) groups excluding carboxylic acids is 2. The molecule has 11 heteroatoms. The Morgan fingerprint density at radius 3 is 2.88 bits per heavy atom. The number of aromatic nitrogens is 5. The lowest BCUT2D eigenvalue weighted by Crippen LogP contribution is -2.49.